The number of likely N-dealkylation sites (tertiary alicyclic amines) is 1. The van der Waals surface area contributed by atoms with Crippen LogP contribution < -0.4 is 5.32 Å². The summed E-state index contributed by atoms with van der Waals surface area (Å²) in [6, 6.07) is -0.384. The molecule has 0 unspecified atom stereocenters. The second-order valence-electron chi connectivity index (χ2n) is 4.69. The van der Waals surface area contributed by atoms with E-state index in [9.17, 15) is 23.1 Å². The van der Waals surface area contributed by atoms with Crippen LogP contribution in [0.5, 0.6) is 0 Å². The second kappa shape index (κ2) is 4.13. The first-order chi connectivity index (χ1) is 7.83. The van der Waals surface area contributed by atoms with Crippen LogP contribution >= 0.6 is 0 Å². The summed E-state index contributed by atoms with van der Waals surface area (Å²) in [4.78, 5) is 13.0. The van der Waals surface area contributed by atoms with Crippen molar-refractivity contribution in [2.45, 2.75) is 37.1 Å². The van der Waals surface area contributed by atoms with E-state index in [1.54, 1.807) is 0 Å². The first-order valence-electron chi connectivity index (χ1n) is 5.65. The Morgan fingerprint density at radius 3 is 2.65 bits per heavy atom. The Labute approximate surface area is 96.8 Å². The maximum absolute atomic E-state index is 12.6. The summed E-state index contributed by atoms with van der Waals surface area (Å²) in [5.41, 5.74) is -2.73. The minimum Gasteiger partial charge on any atom is -0.379 e. The first-order valence-corrected chi connectivity index (χ1v) is 5.65. The predicted octanol–water partition coefficient (Wildman–Crippen LogP) is 0.264. The summed E-state index contributed by atoms with van der Waals surface area (Å²) < 4.78 is 37.7. The Balaban J connectivity index is 2.00. The van der Waals surface area contributed by atoms with E-state index in [-0.39, 0.29) is 18.5 Å². The molecule has 17 heavy (non-hydrogen) atoms. The maximum atomic E-state index is 12.6. The second-order valence-corrected chi connectivity index (χ2v) is 4.69. The van der Waals surface area contributed by atoms with Crippen LogP contribution in [0.15, 0.2) is 0 Å². The molecule has 2 saturated heterocycles. The predicted molar refractivity (Wildman–Crippen MR) is 53.2 cm³/mol. The summed E-state index contributed by atoms with van der Waals surface area (Å²) in [7, 11) is 0. The number of nitrogens with zero attached hydrogens (tertiary/aromatic N) is 1. The van der Waals surface area contributed by atoms with Gasteiger partial charge in [0.1, 0.15) is 0 Å². The summed E-state index contributed by atoms with van der Waals surface area (Å²) in [5.74, 6) is -0.331. The van der Waals surface area contributed by atoms with E-state index in [0.717, 1.165) is 11.3 Å². The van der Waals surface area contributed by atoms with E-state index in [1.165, 1.54) is 0 Å². The molecule has 0 aromatic heterocycles. The van der Waals surface area contributed by atoms with E-state index in [1.807, 2.05) is 0 Å². The van der Waals surface area contributed by atoms with Crippen LogP contribution in [-0.4, -0.2) is 53.4 Å². The number of halogens is 3. The number of rotatable bonds is 1. The van der Waals surface area contributed by atoms with Crippen molar-refractivity contribution in [3.05, 3.63) is 0 Å². The van der Waals surface area contributed by atoms with Crippen molar-refractivity contribution in [1.82, 2.24) is 10.2 Å². The molecule has 4 nitrogen and oxygen atoms in total. The van der Waals surface area contributed by atoms with Gasteiger partial charge in [0, 0.05) is 13.0 Å². The number of amides is 1. The Morgan fingerprint density at radius 1 is 1.47 bits per heavy atom. The standard InChI is InChI=1S/C10H15F3N2O2/c11-10(12,13)9(17)3-5-15(6-9)8(16)7-2-1-4-14-7/h7,14,17H,1-6H2/t7-,9+/m1/s1. The molecule has 0 saturated carbocycles. The Morgan fingerprint density at radius 2 is 2.18 bits per heavy atom. The molecule has 2 atom stereocenters. The molecule has 0 aliphatic carbocycles. The van der Waals surface area contributed by atoms with Gasteiger partial charge >= 0.3 is 6.18 Å². The van der Waals surface area contributed by atoms with Crippen LogP contribution in [0.4, 0.5) is 13.2 Å². The lowest BCUT2D eigenvalue weighted by molar-refractivity contribution is -0.253. The first kappa shape index (κ1) is 12.6. The molecule has 0 bridgehead atoms. The molecule has 98 valence electrons. The zero-order valence-corrected chi connectivity index (χ0v) is 9.26. The Hall–Kier alpha value is -0.820. The van der Waals surface area contributed by atoms with E-state index < -0.39 is 24.7 Å². The SMILES string of the molecule is O=C([C@H]1CCCN1)N1CC[C@@](O)(C(F)(F)F)C1. The molecule has 0 aromatic rings. The molecule has 2 fully saturated rings. The maximum Gasteiger partial charge on any atom is 0.419 e. The minimum absolute atomic E-state index is 0.0347. The molecule has 0 spiro atoms. The topological polar surface area (TPSA) is 52.6 Å². The molecule has 7 heteroatoms. The molecule has 2 aliphatic rings. The molecule has 2 aliphatic heterocycles. The van der Waals surface area contributed by atoms with E-state index in [2.05, 4.69) is 5.32 Å². The molecule has 2 heterocycles. The van der Waals surface area contributed by atoms with Crippen molar-refractivity contribution >= 4 is 5.91 Å². The normalized spacial score (nSPS) is 34.4. The fourth-order valence-electron chi connectivity index (χ4n) is 2.33. The van der Waals surface area contributed by atoms with Crippen molar-refractivity contribution in [2.75, 3.05) is 19.6 Å². The number of hydrogen-bond acceptors (Lipinski definition) is 3. The van der Waals surface area contributed by atoms with Gasteiger partial charge in [0.05, 0.1) is 12.6 Å². The van der Waals surface area contributed by atoms with E-state index >= 15 is 0 Å². The zero-order valence-electron chi connectivity index (χ0n) is 9.26. The van der Waals surface area contributed by atoms with Crippen molar-refractivity contribution in [1.29, 1.82) is 0 Å². The van der Waals surface area contributed by atoms with Crippen LogP contribution in [0.25, 0.3) is 0 Å². The number of nitrogens with one attached hydrogen (secondary N) is 1. The number of alkyl halides is 3. The minimum atomic E-state index is -4.68. The fraction of sp³-hybridized carbons (Fsp3) is 0.900. The molecular weight excluding hydrogens is 237 g/mol. The summed E-state index contributed by atoms with van der Waals surface area (Å²) >= 11 is 0. The number of carbonyl (C=O) groups is 1. The third kappa shape index (κ3) is 2.26. The number of aliphatic hydroxyl groups is 1. The molecule has 1 amide bonds. The molecule has 2 rings (SSSR count). The number of β-amino-alcohol motifs (C(OH)–C–C–N with tert-alkyl or cyclic N) is 1. The van der Waals surface area contributed by atoms with Gasteiger partial charge in [-0.15, -0.1) is 0 Å². The van der Waals surface area contributed by atoms with Crippen molar-refractivity contribution in [3.8, 4) is 0 Å². The number of hydrogen-bond donors (Lipinski definition) is 2. The van der Waals surface area contributed by atoms with Crippen molar-refractivity contribution in [2.24, 2.45) is 0 Å². The monoisotopic (exact) mass is 252 g/mol. The third-order valence-corrected chi connectivity index (χ3v) is 3.45. The van der Waals surface area contributed by atoms with Crippen LogP contribution in [0.3, 0.4) is 0 Å². The van der Waals surface area contributed by atoms with Gasteiger partial charge in [0.25, 0.3) is 0 Å². The molecule has 0 radical (unpaired) electrons. The van der Waals surface area contributed by atoms with E-state index in [4.69, 9.17) is 0 Å². The highest BCUT2D eigenvalue weighted by Gasteiger charge is 2.58. The molecule has 2 N–H and O–H groups in total. The van der Waals surface area contributed by atoms with Gasteiger partial charge in [-0.05, 0) is 19.4 Å². The van der Waals surface area contributed by atoms with E-state index in [0.29, 0.717) is 13.0 Å². The van der Waals surface area contributed by atoms with Gasteiger partial charge in [-0.2, -0.15) is 13.2 Å². The van der Waals surface area contributed by atoms with Gasteiger partial charge in [-0.25, -0.2) is 0 Å². The fourth-order valence-corrected chi connectivity index (χ4v) is 2.33. The highest BCUT2D eigenvalue weighted by atomic mass is 19.4. The van der Waals surface area contributed by atoms with Gasteiger partial charge < -0.3 is 15.3 Å². The average molecular weight is 252 g/mol. The highest BCUT2D eigenvalue weighted by molar-refractivity contribution is 5.82. The van der Waals surface area contributed by atoms with Crippen LogP contribution in [0, 0.1) is 0 Å². The Bertz CT molecular complexity index is 315. The van der Waals surface area contributed by atoms with Gasteiger partial charge in [-0.3, -0.25) is 4.79 Å². The molecule has 0 aromatic carbocycles. The lowest BCUT2D eigenvalue weighted by Gasteiger charge is -2.26. The lowest BCUT2D eigenvalue weighted by Crippen LogP contribution is -2.50. The zero-order chi connectivity index (χ0) is 12.7. The lowest BCUT2D eigenvalue weighted by atomic mass is 10.0. The van der Waals surface area contributed by atoms with Gasteiger partial charge in [0.15, 0.2) is 5.60 Å². The average Bonchev–Trinajstić information content (AvgIpc) is 2.84. The number of carbonyl (C=O) groups excluding carboxylic acids is 1. The highest BCUT2D eigenvalue weighted by Crippen LogP contribution is 2.37. The quantitative estimate of drug-likeness (QED) is 0.704. The smallest absolute Gasteiger partial charge is 0.379 e. The van der Waals surface area contributed by atoms with Crippen molar-refractivity contribution < 1.29 is 23.1 Å². The Kier molecular flexibility index (Phi) is 3.07. The van der Waals surface area contributed by atoms with Crippen LogP contribution in [0.1, 0.15) is 19.3 Å². The van der Waals surface area contributed by atoms with Gasteiger partial charge in [-0.1, -0.05) is 0 Å². The third-order valence-electron chi connectivity index (χ3n) is 3.45. The summed E-state index contributed by atoms with van der Waals surface area (Å²) in [5, 5.41) is 12.4. The molecular formula is C10H15F3N2O2. The van der Waals surface area contributed by atoms with Crippen molar-refractivity contribution in [3.63, 3.8) is 0 Å². The summed E-state index contributed by atoms with van der Waals surface area (Å²) in [6.07, 6.45) is -3.60. The van der Waals surface area contributed by atoms with Crippen LogP contribution in [-0.2, 0) is 4.79 Å². The largest absolute Gasteiger partial charge is 0.419 e. The van der Waals surface area contributed by atoms with Gasteiger partial charge in [0.2, 0.25) is 5.91 Å². The van der Waals surface area contributed by atoms with Crippen LogP contribution in [0.2, 0.25) is 0 Å². The summed E-state index contributed by atoms with van der Waals surface area (Å²) in [6.45, 7) is 0.0360.